The maximum Gasteiger partial charge on any atom is 3.00 e. The third kappa shape index (κ3) is 76.9. The third-order valence-electron chi connectivity index (χ3n) is 13.5. The number of unbranched alkanes of at least 4 members (excludes halogenated alkanes) is 42. The largest absolute Gasteiger partial charge is 3.00 e. The van der Waals surface area contributed by atoms with Crippen LogP contribution < -0.4 is 14.7 Å². The first-order valence-electron chi connectivity index (χ1n) is 32.2. The van der Waals surface area contributed by atoms with Crippen LogP contribution in [0.3, 0.4) is 0 Å². The van der Waals surface area contributed by atoms with Gasteiger partial charge < -0.3 is 41.8 Å². The number of hydrogen-bond acceptors (Lipinski definition) is 12. The van der Waals surface area contributed by atoms with E-state index in [1.54, 1.807) is 0 Å². The van der Waals surface area contributed by atoms with Crippen LogP contribution in [-0.2, 0) is 58.2 Å². The van der Waals surface area contributed by atoms with Crippen molar-refractivity contribution in [3.05, 3.63) is 0 Å². The molecule has 0 saturated heterocycles. The summed E-state index contributed by atoms with van der Waals surface area (Å²) in [7, 11) is -12.2. The van der Waals surface area contributed by atoms with Gasteiger partial charge in [0.25, 0.3) is 23.5 Å². The minimum absolute atomic E-state index is 0. The fraction of sp³-hybridized carbons (Fsp3) is 1.00. The molecular weight excluding hydrogens is 1060 g/mol. The van der Waals surface area contributed by atoms with Crippen LogP contribution in [0.5, 0.6) is 0 Å². The SMILES string of the molecule is CCCCCCCCCCOP(=O)([O-])OCCCCCCCCCC.CCCCCCCCCCOP(=O)([O-])OCCCCCCCCCC.CCCCCCCCCCOP(=O)([O-])OCCCCCCCCCC.[Cr+3]. The van der Waals surface area contributed by atoms with Crippen molar-refractivity contribution in [2.75, 3.05) is 39.6 Å². The molecule has 0 aliphatic rings. The van der Waals surface area contributed by atoms with E-state index in [0.29, 0.717) is 0 Å². The van der Waals surface area contributed by atoms with Crippen LogP contribution in [0.15, 0.2) is 0 Å². The van der Waals surface area contributed by atoms with Gasteiger partial charge in [-0.15, -0.1) is 0 Å². The summed E-state index contributed by atoms with van der Waals surface area (Å²) in [6.45, 7) is 14.8. The zero-order valence-electron chi connectivity index (χ0n) is 50.8. The molecule has 0 aliphatic carbocycles. The van der Waals surface area contributed by atoms with E-state index >= 15 is 0 Å². The molecule has 0 aromatic rings. The zero-order chi connectivity index (χ0) is 55.9. The van der Waals surface area contributed by atoms with E-state index in [-0.39, 0.29) is 57.0 Å². The summed E-state index contributed by atoms with van der Waals surface area (Å²) < 4.78 is 64.4. The molecule has 16 heteroatoms. The second kappa shape index (κ2) is 68.4. The van der Waals surface area contributed by atoms with E-state index in [1.807, 2.05) is 0 Å². The van der Waals surface area contributed by atoms with E-state index in [0.717, 1.165) is 116 Å². The van der Waals surface area contributed by atoms with Gasteiger partial charge >= 0.3 is 17.4 Å². The summed E-state index contributed by atoms with van der Waals surface area (Å²) in [5.41, 5.74) is 0. The van der Waals surface area contributed by atoms with Gasteiger partial charge in [-0.2, -0.15) is 0 Å². The molecule has 0 rings (SSSR count). The average Bonchev–Trinajstić information content (AvgIpc) is 3.38. The zero-order valence-corrected chi connectivity index (χ0v) is 54.8. The molecule has 0 bridgehead atoms. The number of phosphoric acid groups is 3. The molecule has 0 amide bonds. The van der Waals surface area contributed by atoms with E-state index < -0.39 is 23.5 Å². The van der Waals surface area contributed by atoms with Crippen LogP contribution in [0.2, 0.25) is 0 Å². The summed E-state index contributed by atoms with van der Waals surface area (Å²) in [4.78, 5) is 34.9. The quantitative estimate of drug-likeness (QED) is 0.0417. The summed E-state index contributed by atoms with van der Waals surface area (Å²) in [5, 5.41) is 0. The molecule has 0 unspecified atom stereocenters. The van der Waals surface area contributed by atoms with Crippen molar-refractivity contribution in [3.63, 3.8) is 0 Å². The fourth-order valence-corrected chi connectivity index (χ4v) is 10.9. The Balaban J connectivity index is -0.000000508. The van der Waals surface area contributed by atoms with Gasteiger partial charge in [0.1, 0.15) is 0 Å². The Hall–Kier alpha value is 0.862. The molecule has 0 atom stereocenters. The van der Waals surface area contributed by atoms with Gasteiger partial charge in [0.2, 0.25) is 0 Å². The van der Waals surface area contributed by atoms with Gasteiger partial charge in [-0.1, -0.05) is 311 Å². The number of phosphoric ester groups is 3. The van der Waals surface area contributed by atoms with Crippen LogP contribution >= 0.6 is 23.5 Å². The normalized spacial score (nSPS) is 11.8. The van der Waals surface area contributed by atoms with E-state index in [4.69, 9.17) is 27.1 Å². The van der Waals surface area contributed by atoms with Crippen molar-refractivity contribution < 1.29 is 72.9 Å². The van der Waals surface area contributed by atoms with E-state index in [2.05, 4.69) is 41.5 Å². The van der Waals surface area contributed by atoms with Crippen LogP contribution in [0.25, 0.3) is 0 Å². The predicted octanol–water partition coefficient (Wildman–Crippen LogP) is 20.3. The summed E-state index contributed by atoms with van der Waals surface area (Å²) in [5.74, 6) is 0. The van der Waals surface area contributed by atoms with Crippen molar-refractivity contribution in [3.8, 4) is 0 Å². The van der Waals surface area contributed by atoms with Crippen molar-refractivity contribution in [1.29, 1.82) is 0 Å². The molecule has 12 nitrogen and oxygen atoms in total. The second-order valence-electron chi connectivity index (χ2n) is 21.2. The van der Waals surface area contributed by atoms with Crippen LogP contribution in [0, 0.1) is 0 Å². The van der Waals surface area contributed by atoms with Crippen molar-refractivity contribution in [1.82, 2.24) is 0 Å². The predicted molar refractivity (Wildman–Crippen MR) is 314 cm³/mol. The minimum Gasteiger partial charge on any atom is -0.756 e. The second-order valence-corrected chi connectivity index (χ2v) is 25.4. The first-order valence-corrected chi connectivity index (χ1v) is 36.5. The maximum absolute atomic E-state index is 11.6. The Labute approximate surface area is 483 Å². The maximum atomic E-state index is 11.6. The molecule has 0 fully saturated rings. The molecule has 0 aromatic carbocycles. The van der Waals surface area contributed by atoms with E-state index in [1.165, 1.54) is 193 Å². The Morgan fingerprint density at radius 1 is 0.197 bits per heavy atom. The van der Waals surface area contributed by atoms with Gasteiger partial charge in [0.05, 0.1) is 39.6 Å². The summed E-state index contributed by atoms with van der Waals surface area (Å²) >= 11 is 0. The molecular formula is C60H126CrO12P3. The van der Waals surface area contributed by atoms with Crippen molar-refractivity contribution in [2.24, 2.45) is 0 Å². The van der Waals surface area contributed by atoms with Gasteiger partial charge in [-0.3, -0.25) is 13.7 Å². The average molecular weight is 1180 g/mol. The molecule has 0 saturated carbocycles. The summed E-state index contributed by atoms with van der Waals surface area (Å²) in [6.07, 6.45) is 56.5. The number of hydrogen-bond donors (Lipinski definition) is 0. The Kier molecular flexibility index (Phi) is 74.9. The van der Waals surface area contributed by atoms with Gasteiger partial charge in [0.15, 0.2) is 0 Å². The van der Waals surface area contributed by atoms with Gasteiger partial charge in [-0.05, 0) is 38.5 Å². The standard InChI is InChI=1S/3C20H43O4P.Cr/c3*1-3-5-7-9-11-13-15-17-19-23-25(21,22)24-20-18-16-14-12-10-8-6-4-2;/h3*3-20H2,1-2H3,(H,21,22);/q;;;+3/p-3. The fourth-order valence-electron chi connectivity index (χ4n) is 8.59. The molecule has 0 spiro atoms. The first kappa shape index (κ1) is 83.3. The Morgan fingerprint density at radius 3 is 0.395 bits per heavy atom. The molecule has 0 aliphatic heterocycles. The molecule has 0 aromatic heterocycles. The molecule has 459 valence electrons. The molecule has 1 radical (unpaired) electrons. The Morgan fingerprint density at radius 2 is 0.289 bits per heavy atom. The number of rotatable bonds is 60. The van der Waals surface area contributed by atoms with Crippen LogP contribution in [-0.4, -0.2) is 39.6 Å². The van der Waals surface area contributed by atoms with Crippen molar-refractivity contribution >= 4 is 23.5 Å². The third-order valence-corrected chi connectivity index (χ3v) is 16.5. The topological polar surface area (TPSA) is 176 Å². The molecule has 0 N–H and O–H groups in total. The molecule has 0 heterocycles. The first-order chi connectivity index (χ1) is 36.4. The molecule has 76 heavy (non-hydrogen) atoms. The van der Waals surface area contributed by atoms with E-state index in [9.17, 15) is 28.4 Å². The van der Waals surface area contributed by atoms with Gasteiger partial charge in [0, 0.05) is 0 Å². The van der Waals surface area contributed by atoms with Gasteiger partial charge in [-0.25, -0.2) is 0 Å². The van der Waals surface area contributed by atoms with Crippen LogP contribution in [0.1, 0.15) is 350 Å². The van der Waals surface area contributed by atoms with Crippen molar-refractivity contribution in [2.45, 2.75) is 350 Å². The monoisotopic (exact) mass is 1180 g/mol. The van der Waals surface area contributed by atoms with Crippen LogP contribution in [0.4, 0.5) is 0 Å². The minimum atomic E-state index is -4.08. The smallest absolute Gasteiger partial charge is 0.756 e. The Bertz CT molecular complexity index is 1000. The summed E-state index contributed by atoms with van der Waals surface area (Å²) in [6, 6.07) is 0.